The van der Waals surface area contributed by atoms with E-state index in [0.29, 0.717) is 24.5 Å². The number of nitrogens with zero attached hydrogens (tertiary/aromatic N) is 1. The molecule has 7 heteroatoms. The van der Waals surface area contributed by atoms with Gasteiger partial charge in [0.25, 0.3) is 5.91 Å². The Kier molecular flexibility index (Phi) is 7.40. The third-order valence-corrected chi connectivity index (χ3v) is 7.47. The predicted molar refractivity (Wildman–Crippen MR) is 144 cm³/mol. The molecule has 4 rings (SSSR count). The molecule has 0 saturated heterocycles. The molecule has 1 aliphatic rings. The van der Waals surface area contributed by atoms with E-state index in [1.165, 1.54) is 17.7 Å². The molecule has 1 amide bonds. The molecule has 1 heterocycles. The van der Waals surface area contributed by atoms with Gasteiger partial charge in [0.2, 0.25) is 10.0 Å². The Labute approximate surface area is 215 Å². The fourth-order valence-electron chi connectivity index (χ4n) is 3.98. The maximum atomic E-state index is 13.4. The number of primary sulfonamides is 1. The van der Waals surface area contributed by atoms with Crippen molar-refractivity contribution in [3.63, 3.8) is 0 Å². The van der Waals surface area contributed by atoms with Crippen LogP contribution < -0.4 is 5.14 Å². The average molecular weight is 552 g/mol. The quantitative estimate of drug-likeness (QED) is 0.381. The van der Waals surface area contributed by atoms with Crippen molar-refractivity contribution < 1.29 is 13.2 Å². The van der Waals surface area contributed by atoms with Crippen molar-refractivity contribution >= 4 is 43.6 Å². The van der Waals surface area contributed by atoms with E-state index in [1.54, 1.807) is 17.0 Å². The molecule has 3 aromatic carbocycles. The van der Waals surface area contributed by atoms with Crippen LogP contribution in [0.4, 0.5) is 0 Å². The first-order valence-electron chi connectivity index (χ1n) is 11.3. The number of hydrogen-bond donors (Lipinski definition) is 1. The summed E-state index contributed by atoms with van der Waals surface area (Å²) in [5.41, 5.74) is 5.57. The van der Waals surface area contributed by atoms with Gasteiger partial charge in [-0.25, -0.2) is 13.6 Å². The maximum absolute atomic E-state index is 13.4. The number of halogens is 1. The minimum atomic E-state index is -3.74. The molecule has 0 fully saturated rings. The van der Waals surface area contributed by atoms with Crippen molar-refractivity contribution in [2.24, 2.45) is 5.14 Å². The van der Waals surface area contributed by atoms with Gasteiger partial charge in [-0.3, -0.25) is 4.79 Å². The van der Waals surface area contributed by atoms with Crippen LogP contribution in [0.25, 0.3) is 11.8 Å². The zero-order chi connectivity index (χ0) is 25.2. The van der Waals surface area contributed by atoms with Crippen molar-refractivity contribution in [3.8, 4) is 0 Å². The normalized spacial score (nSPS) is 15.2. The Balaban J connectivity index is 1.63. The summed E-state index contributed by atoms with van der Waals surface area (Å²) in [4.78, 5) is 15.3. The number of benzene rings is 3. The molecule has 0 aromatic heterocycles. The average Bonchev–Trinajstić information content (AvgIpc) is 3.14. The second-order valence-corrected chi connectivity index (χ2v) is 11.3. The standard InChI is InChI=1S/C28H27BrN2O3S/c1-19(2)22-7-9-23(10-8-22)27-18-24(17-21-3-11-25(29)12-4-21)28(32)31(27)16-15-20-5-13-26(14-6-20)35(30,33)34/h3-14,17-19H,15-16H2,1-2H3,(H2,30,33,34)/b24-17+. The van der Waals surface area contributed by atoms with Gasteiger partial charge in [-0.15, -0.1) is 0 Å². The molecule has 180 valence electrons. The predicted octanol–water partition coefficient (Wildman–Crippen LogP) is 5.73. The fraction of sp³-hybridized carbons (Fsp3) is 0.179. The summed E-state index contributed by atoms with van der Waals surface area (Å²) >= 11 is 3.45. The number of nitrogens with two attached hydrogens (primary N) is 1. The smallest absolute Gasteiger partial charge is 0.258 e. The Morgan fingerprint density at radius 2 is 1.57 bits per heavy atom. The van der Waals surface area contributed by atoms with Crippen molar-refractivity contribution in [1.82, 2.24) is 4.90 Å². The van der Waals surface area contributed by atoms with Crippen LogP contribution >= 0.6 is 15.9 Å². The third-order valence-electron chi connectivity index (χ3n) is 6.02. The lowest BCUT2D eigenvalue weighted by atomic mass is 10.0. The maximum Gasteiger partial charge on any atom is 0.258 e. The summed E-state index contributed by atoms with van der Waals surface area (Å²) in [6.45, 7) is 4.77. The first-order valence-corrected chi connectivity index (χ1v) is 13.7. The Morgan fingerprint density at radius 1 is 0.943 bits per heavy atom. The first-order chi connectivity index (χ1) is 16.6. The van der Waals surface area contributed by atoms with Gasteiger partial charge < -0.3 is 4.90 Å². The number of amides is 1. The van der Waals surface area contributed by atoms with Gasteiger partial charge in [-0.2, -0.15) is 0 Å². The van der Waals surface area contributed by atoms with Crippen molar-refractivity contribution in [3.05, 3.63) is 111 Å². The van der Waals surface area contributed by atoms with Crippen LogP contribution in [-0.2, 0) is 21.2 Å². The zero-order valence-corrected chi connectivity index (χ0v) is 22.0. The van der Waals surface area contributed by atoms with Crippen molar-refractivity contribution in [2.45, 2.75) is 31.1 Å². The van der Waals surface area contributed by atoms with Crippen LogP contribution in [0.15, 0.2) is 93.8 Å². The second kappa shape index (κ2) is 10.3. The molecule has 0 atom stereocenters. The van der Waals surface area contributed by atoms with E-state index in [1.807, 2.05) is 36.4 Å². The van der Waals surface area contributed by atoms with Crippen LogP contribution in [-0.4, -0.2) is 25.8 Å². The largest absolute Gasteiger partial charge is 0.307 e. The minimum Gasteiger partial charge on any atom is -0.307 e. The molecule has 0 spiro atoms. The topological polar surface area (TPSA) is 80.5 Å². The fourth-order valence-corrected chi connectivity index (χ4v) is 4.76. The summed E-state index contributed by atoms with van der Waals surface area (Å²) in [7, 11) is -3.74. The molecule has 3 aromatic rings. The van der Waals surface area contributed by atoms with Gasteiger partial charge in [-0.1, -0.05) is 78.3 Å². The van der Waals surface area contributed by atoms with Crippen LogP contribution in [0, 0.1) is 0 Å². The Bertz CT molecular complexity index is 1390. The summed E-state index contributed by atoms with van der Waals surface area (Å²) < 4.78 is 24.0. The number of carbonyl (C=O) groups is 1. The van der Waals surface area contributed by atoms with Gasteiger partial charge in [0.1, 0.15) is 0 Å². The van der Waals surface area contributed by atoms with E-state index in [9.17, 15) is 13.2 Å². The molecule has 0 saturated carbocycles. The molecular weight excluding hydrogens is 524 g/mol. The van der Waals surface area contributed by atoms with Gasteiger partial charge in [0.15, 0.2) is 0 Å². The van der Waals surface area contributed by atoms with Crippen LogP contribution in [0.5, 0.6) is 0 Å². The summed E-state index contributed by atoms with van der Waals surface area (Å²) in [6, 6.07) is 22.6. The van der Waals surface area contributed by atoms with Crippen LogP contribution in [0.3, 0.4) is 0 Å². The van der Waals surface area contributed by atoms with Gasteiger partial charge in [-0.05, 0) is 71.0 Å². The summed E-state index contributed by atoms with van der Waals surface area (Å²) in [5, 5.41) is 5.20. The van der Waals surface area contributed by atoms with E-state index in [4.69, 9.17) is 5.14 Å². The number of hydrogen-bond acceptors (Lipinski definition) is 3. The van der Waals surface area contributed by atoms with Crippen molar-refractivity contribution in [1.29, 1.82) is 0 Å². The first kappa shape index (κ1) is 25.1. The summed E-state index contributed by atoms with van der Waals surface area (Å²) in [5.74, 6) is 0.365. The molecule has 1 aliphatic heterocycles. The molecule has 35 heavy (non-hydrogen) atoms. The van der Waals surface area contributed by atoms with E-state index >= 15 is 0 Å². The van der Waals surface area contributed by atoms with Gasteiger partial charge >= 0.3 is 0 Å². The van der Waals surface area contributed by atoms with Crippen LogP contribution in [0.1, 0.15) is 42.0 Å². The monoisotopic (exact) mass is 550 g/mol. The van der Waals surface area contributed by atoms with E-state index < -0.39 is 10.0 Å². The minimum absolute atomic E-state index is 0.0583. The molecule has 0 radical (unpaired) electrons. The molecular formula is C28H27BrN2O3S. The number of sulfonamides is 1. The Morgan fingerprint density at radius 3 is 2.14 bits per heavy atom. The lowest BCUT2D eigenvalue weighted by molar-refractivity contribution is -0.122. The second-order valence-electron chi connectivity index (χ2n) is 8.85. The molecule has 0 unspecified atom stereocenters. The lowest BCUT2D eigenvalue weighted by Crippen LogP contribution is -2.27. The number of carbonyl (C=O) groups excluding carboxylic acids is 1. The molecule has 5 nitrogen and oxygen atoms in total. The van der Waals surface area contributed by atoms with Gasteiger partial charge in [0, 0.05) is 16.6 Å². The highest BCUT2D eigenvalue weighted by Crippen LogP contribution is 2.32. The molecule has 0 aliphatic carbocycles. The third kappa shape index (κ3) is 5.99. The highest BCUT2D eigenvalue weighted by Gasteiger charge is 2.28. The molecule has 2 N–H and O–H groups in total. The van der Waals surface area contributed by atoms with Crippen LogP contribution in [0.2, 0.25) is 0 Å². The van der Waals surface area contributed by atoms with E-state index in [0.717, 1.165) is 26.9 Å². The van der Waals surface area contributed by atoms with E-state index in [-0.39, 0.29) is 10.8 Å². The van der Waals surface area contributed by atoms with Crippen molar-refractivity contribution in [2.75, 3.05) is 6.54 Å². The highest BCUT2D eigenvalue weighted by atomic mass is 79.9. The SMILES string of the molecule is CC(C)c1ccc(C2=C/C(=C\c3ccc(Br)cc3)C(=O)N2CCc2ccc(S(N)(=O)=O)cc2)cc1. The highest BCUT2D eigenvalue weighted by molar-refractivity contribution is 9.10. The van der Waals surface area contributed by atoms with Gasteiger partial charge in [0.05, 0.1) is 10.6 Å². The summed E-state index contributed by atoms with van der Waals surface area (Å²) in [6.07, 6.45) is 4.42. The Hall–Kier alpha value is -3.00. The molecule has 0 bridgehead atoms. The lowest BCUT2D eigenvalue weighted by Gasteiger charge is -2.21. The number of rotatable bonds is 7. The van der Waals surface area contributed by atoms with E-state index in [2.05, 4.69) is 54.0 Å². The zero-order valence-electron chi connectivity index (χ0n) is 19.6.